The van der Waals surface area contributed by atoms with Gasteiger partial charge in [-0.3, -0.25) is 14.4 Å². The fourth-order valence-corrected chi connectivity index (χ4v) is 9.64. The molecular formula is C35H44N2O5S. The zero-order chi connectivity index (χ0) is 30.7. The molecule has 3 saturated heterocycles. The number of hydrogen-bond acceptors (Lipinski definition) is 6. The molecule has 3 aliphatic heterocycles. The maximum atomic E-state index is 14.9. The van der Waals surface area contributed by atoms with Gasteiger partial charge in [0.1, 0.15) is 6.04 Å². The zero-order valence-electron chi connectivity index (χ0n) is 25.3. The van der Waals surface area contributed by atoms with E-state index >= 15 is 0 Å². The van der Waals surface area contributed by atoms with Gasteiger partial charge in [-0.05, 0) is 67.3 Å². The summed E-state index contributed by atoms with van der Waals surface area (Å²) in [4.78, 5) is 46.3. The number of unbranched alkanes of at least 4 members (excludes halogenated alkanes) is 2. The van der Waals surface area contributed by atoms with Gasteiger partial charge < -0.3 is 19.6 Å². The summed E-state index contributed by atoms with van der Waals surface area (Å²) in [6, 6.07) is 12.6. The average molecular weight is 605 g/mol. The summed E-state index contributed by atoms with van der Waals surface area (Å²) in [5.41, 5.74) is 0.730. The molecule has 3 fully saturated rings. The van der Waals surface area contributed by atoms with Crippen molar-refractivity contribution in [1.29, 1.82) is 0 Å². The molecule has 2 amide bonds. The Morgan fingerprint density at radius 3 is 2.63 bits per heavy atom. The smallest absolute Gasteiger partial charge is 0.310 e. The number of benzene rings is 2. The maximum Gasteiger partial charge on any atom is 0.310 e. The predicted octanol–water partition coefficient (Wildman–Crippen LogP) is 5.76. The van der Waals surface area contributed by atoms with Crippen molar-refractivity contribution in [2.45, 2.75) is 74.5 Å². The Hall–Kier alpha value is -3.10. The lowest BCUT2D eigenvalue weighted by atomic mass is 9.71. The molecule has 1 spiro atoms. The van der Waals surface area contributed by atoms with Gasteiger partial charge in [-0.15, -0.1) is 24.9 Å². The molecule has 2 unspecified atom stereocenters. The summed E-state index contributed by atoms with van der Waals surface area (Å²) in [6.07, 6.45) is 8.00. The quantitative estimate of drug-likeness (QED) is 0.168. The zero-order valence-corrected chi connectivity index (χ0v) is 26.1. The van der Waals surface area contributed by atoms with E-state index in [1.165, 1.54) is 0 Å². The highest BCUT2D eigenvalue weighted by Crippen LogP contribution is 2.67. The van der Waals surface area contributed by atoms with Crippen molar-refractivity contribution in [3.05, 3.63) is 67.8 Å². The third-order valence-electron chi connectivity index (χ3n) is 9.26. The number of esters is 1. The third-order valence-corrected chi connectivity index (χ3v) is 11.2. The second kappa shape index (κ2) is 13.3. The Bertz CT molecular complexity index is 1380. The first-order valence-corrected chi connectivity index (χ1v) is 16.4. The molecule has 0 aliphatic carbocycles. The molecule has 7 nitrogen and oxygen atoms in total. The van der Waals surface area contributed by atoms with Crippen molar-refractivity contribution < 1.29 is 24.2 Å². The normalized spacial score (nSPS) is 26.5. The third kappa shape index (κ3) is 5.76. The molecule has 43 heavy (non-hydrogen) atoms. The highest BCUT2D eigenvalue weighted by molar-refractivity contribution is 8.02. The van der Waals surface area contributed by atoms with Crippen LogP contribution >= 0.6 is 11.8 Å². The van der Waals surface area contributed by atoms with Gasteiger partial charge in [0.05, 0.1) is 35.8 Å². The Morgan fingerprint density at radius 2 is 1.93 bits per heavy atom. The van der Waals surface area contributed by atoms with Crippen molar-refractivity contribution in [2.24, 2.45) is 17.8 Å². The molecule has 1 N–H and O–H groups in total. The van der Waals surface area contributed by atoms with Crippen LogP contribution in [-0.2, 0) is 19.1 Å². The number of thioether (sulfide) groups is 1. The summed E-state index contributed by atoms with van der Waals surface area (Å²) >= 11 is 1.63. The van der Waals surface area contributed by atoms with Gasteiger partial charge in [0.2, 0.25) is 5.91 Å². The fraction of sp³-hybridized carbons (Fsp3) is 0.514. The van der Waals surface area contributed by atoms with Gasteiger partial charge in [-0.2, -0.15) is 0 Å². The minimum Gasteiger partial charge on any atom is -0.465 e. The molecule has 2 aromatic carbocycles. The number of likely N-dealkylation sites (tertiary alicyclic amines) is 1. The van der Waals surface area contributed by atoms with Gasteiger partial charge in [0.15, 0.2) is 0 Å². The molecular weight excluding hydrogens is 560 g/mol. The molecule has 3 aliphatic rings. The predicted molar refractivity (Wildman–Crippen MR) is 173 cm³/mol. The van der Waals surface area contributed by atoms with Gasteiger partial charge in [0, 0.05) is 17.5 Å². The van der Waals surface area contributed by atoms with Crippen LogP contribution in [0, 0.1) is 17.8 Å². The molecule has 3 heterocycles. The first kappa shape index (κ1) is 31.3. The number of hydrogen-bond donors (Lipinski definition) is 1. The topological polar surface area (TPSA) is 87.1 Å². The molecule has 5 rings (SSSR count). The van der Waals surface area contributed by atoms with Crippen molar-refractivity contribution in [3.8, 4) is 0 Å². The number of anilines is 1. The van der Waals surface area contributed by atoms with Crippen LogP contribution in [0.25, 0.3) is 10.8 Å². The van der Waals surface area contributed by atoms with Crippen LogP contribution in [0.2, 0.25) is 0 Å². The molecule has 0 saturated carbocycles. The summed E-state index contributed by atoms with van der Waals surface area (Å²) < 4.78 is 4.98. The van der Waals surface area contributed by atoms with Gasteiger partial charge >= 0.3 is 5.97 Å². The number of aliphatic hydroxyl groups is 1. The Kier molecular flexibility index (Phi) is 9.67. The molecule has 2 aromatic rings. The van der Waals surface area contributed by atoms with Crippen LogP contribution in [0.15, 0.2) is 67.8 Å². The number of ether oxygens (including phenoxy) is 1. The number of carbonyl (C=O) groups excluding carboxylic acids is 3. The fourth-order valence-electron chi connectivity index (χ4n) is 7.46. The van der Waals surface area contributed by atoms with E-state index < -0.39 is 28.7 Å². The van der Waals surface area contributed by atoms with E-state index in [1.807, 2.05) is 62.4 Å². The van der Waals surface area contributed by atoms with E-state index in [4.69, 9.17) is 4.74 Å². The number of aliphatic hydroxyl groups excluding tert-OH is 1. The molecule has 8 heteroatoms. The van der Waals surface area contributed by atoms with E-state index in [-0.39, 0.29) is 42.1 Å². The second-order valence-corrected chi connectivity index (χ2v) is 14.1. The van der Waals surface area contributed by atoms with Crippen LogP contribution in [0.4, 0.5) is 5.69 Å². The van der Waals surface area contributed by atoms with Crippen LogP contribution in [0.5, 0.6) is 0 Å². The van der Waals surface area contributed by atoms with Crippen LogP contribution in [-0.4, -0.2) is 69.6 Å². The molecule has 0 radical (unpaired) electrons. The van der Waals surface area contributed by atoms with Crippen molar-refractivity contribution in [1.82, 2.24) is 4.90 Å². The lowest BCUT2D eigenvalue weighted by Gasteiger charge is -2.40. The molecule has 2 bridgehead atoms. The second-order valence-electron chi connectivity index (χ2n) is 12.5. The van der Waals surface area contributed by atoms with E-state index in [1.54, 1.807) is 27.6 Å². The van der Waals surface area contributed by atoms with E-state index in [9.17, 15) is 19.5 Å². The molecule has 6 atom stereocenters. The van der Waals surface area contributed by atoms with E-state index in [0.717, 1.165) is 42.1 Å². The SMILES string of the molecule is C=CCCCCOC(=O)[C@@H]1[C@H]2C(=O)N([C@@H](CO)CC(C)C)C(C(=O)N(CC=C)c3ccc4ccccc4c3)C23CC[C@H]1S3. The average Bonchev–Trinajstić information content (AvgIpc) is 3.65. The summed E-state index contributed by atoms with van der Waals surface area (Å²) in [7, 11) is 0. The van der Waals surface area contributed by atoms with Gasteiger partial charge in [0.25, 0.3) is 5.91 Å². The number of rotatable bonds is 14. The number of allylic oxidation sites excluding steroid dienone is 1. The number of nitrogens with zero attached hydrogens (tertiary/aromatic N) is 2. The number of amides is 2. The summed E-state index contributed by atoms with van der Waals surface area (Å²) in [5.74, 6) is -1.81. The monoisotopic (exact) mass is 604 g/mol. The Labute approximate surface area is 259 Å². The Morgan fingerprint density at radius 1 is 1.16 bits per heavy atom. The first-order chi connectivity index (χ1) is 20.8. The molecule has 0 aromatic heterocycles. The van der Waals surface area contributed by atoms with Crippen LogP contribution in [0.3, 0.4) is 0 Å². The largest absolute Gasteiger partial charge is 0.465 e. The highest BCUT2D eigenvalue weighted by Gasteiger charge is 2.74. The van der Waals surface area contributed by atoms with Crippen molar-refractivity contribution in [2.75, 3.05) is 24.7 Å². The first-order valence-electron chi connectivity index (χ1n) is 15.6. The lowest BCUT2D eigenvalue weighted by molar-refractivity contribution is -0.154. The number of carbonyl (C=O) groups is 3. The molecule has 230 valence electrons. The standard InChI is InChI=1S/C35H44N2O5S/c1-5-7-8-11-19-42-34(41)29-28-16-17-35(43-28)30(29)32(39)37(27(22-38)20-23(3)4)31(35)33(40)36(18-6-2)26-15-14-24-12-9-10-13-25(24)21-26/h5-6,9-10,12-15,21,23,27-31,38H,1-2,7-8,11,16-20,22H2,3-4H3/t27-,28-,29+,30+,31?,35?/m1/s1. The minimum absolute atomic E-state index is 0.0710. The van der Waals surface area contributed by atoms with Crippen molar-refractivity contribution >= 4 is 46.0 Å². The summed E-state index contributed by atoms with van der Waals surface area (Å²) in [5, 5.41) is 12.6. The minimum atomic E-state index is -0.812. The van der Waals surface area contributed by atoms with Crippen LogP contribution < -0.4 is 4.90 Å². The Balaban J connectivity index is 1.52. The van der Waals surface area contributed by atoms with E-state index in [2.05, 4.69) is 13.2 Å². The number of fused-ring (bicyclic) bond motifs is 2. The summed E-state index contributed by atoms with van der Waals surface area (Å²) in [6.45, 7) is 12.1. The van der Waals surface area contributed by atoms with Gasteiger partial charge in [-0.25, -0.2) is 0 Å². The van der Waals surface area contributed by atoms with Crippen LogP contribution in [0.1, 0.15) is 52.4 Å². The van der Waals surface area contributed by atoms with E-state index in [0.29, 0.717) is 19.4 Å². The van der Waals surface area contributed by atoms with Crippen molar-refractivity contribution in [3.63, 3.8) is 0 Å². The maximum absolute atomic E-state index is 14.9. The van der Waals surface area contributed by atoms with Gasteiger partial charge in [-0.1, -0.05) is 56.3 Å². The lowest BCUT2D eigenvalue weighted by Crippen LogP contribution is -2.57. The highest BCUT2D eigenvalue weighted by atomic mass is 32.2.